The molecule has 4 rings (SSSR count). The van der Waals surface area contributed by atoms with E-state index in [9.17, 15) is 4.79 Å². The van der Waals surface area contributed by atoms with Gasteiger partial charge in [0, 0.05) is 24.7 Å². The lowest BCUT2D eigenvalue weighted by molar-refractivity contribution is -0.139. The molecule has 1 unspecified atom stereocenters. The molecule has 1 aliphatic rings. The molecule has 1 atom stereocenters. The zero-order valence-corrected chi connectivity index (χ0v) is 18.4. The number of oxime groups is 1. The summed E-state index contributed by atoms with van der Waals surface area (Å²) >= 11 is 0. The molecule has 0 bridgehead atoms. The first-order valence-corrected chi connectivity index (χ1v) is 11.2. The molecule has 0 saturated heterocycles. The number of carbonyl (C=O) groups is 1. The number of ether oxygens (including phenoxy) is 1. The molecule has 2 aromatic carbocycles. The van der Waals surface area contributed by atoms with Crippen molar-refractivity contribution in [2.75, 3.05) is 13.2 Å². The van der Waals surface area contributed by atoms with Crippen LogP contribution in [0.1, 0.15) is 41.0 Å². The fraction of sp³-hybridized carbons (Fsp3) is 0.259. The average Bonchev–Trinajstić information content (AvgIpc) is 3.35. The molecule has 1 heterocycles. The summed E-state index contributed by atoms with van der Waals surface area (Å²) in [5, 5.41) is 13.3. The van der Waals surface area contributed by atoms with Crippen LogP contribution in [0.4, 0.5) is 0 Å². The third-order valence-electron chi connectivity index (χ3n) is 5.72. The van der Waals surface area contributed by atoms with Gasteiger partial charge in [0.15, 0.2) is 6.61 Å². The maximum atomic E-state index is 10.9. The van der Waals surface area contributed by atoms with E-state index in [1.807, 2.05) is 67.0 Å². The van der Waals surface area contributed by atoms with Crippen LogP contribution in [0.15, 0.2) is 84.3 Å². The van der Waals surface area contributed by atoms with E-state index in [1.54, 1.807) is 0 Å². The number of H-pyrrole nitrogens is 1. The molecule has 0 aliphatic heterocycles. The van der Waals surface area contributed by atoms with Crippen LogP contribution in [-0.2, 0) is 22.5 Å². The Morgan fingerprint density at radius 3 is 2.82 bits per heavy atom. The Labute approximate surface area is 193 Å². The molecule has 0 amide bonds. The van der Waals surface area contributed by atoms with Gasteiger partial charge in [-0.2, -0.15) is 0 Å². The molecule has 6 heteroatoms. The van der Waals surface area contributed by atoms with Gasteiger partial charge in [0.25, 0.3) is 0 Å². The second-order valence-corrected chi connectivity index (χ2v) is 8.03. The van der Waals surface area contributed by atoms with Crippen molar-refractivity contribution < 1.29 is 19.5 Å². The van der Waals surface area contributed by atoms with E-state index in [2.05, 4.69) is 22.3 Å². The molecule has 0 radical (unpaired) electrons. The normalized spacial score (nSPS) is 15.9. The Morgan fingerprint density at radius 2 is 2.03 bits per heavy atom. The average molecular weight is 445 g/mol. The first kappa shape index (κ1) is 22.4. The minimum atomic E-state index is -0.969. The standard InChI is InChI=1S/C27H28N2O4/c30-27(31)19-32-26-13-5-11-23-21(9-4-12-24(23)26)10-6-16-33-29-25(17-20-14-15-28-18-20)22-7-2-1-3-8-22/h1-3,5-8,10-11,13-15,18,21,28H,4,9,12,16-17,19H2,(H,30,31)/b10-6+,29-25+. The SMILES string of the molecule is O=C(O)COc1cccc2c1CCCC2/C=C/CO/N=C(\Cc1cc[nH]c1)c1ccccc1. The number of hydrogen-bond donors (Lipinski definition) is 2. The number of aromatic nitrogens is 1. The number of nitrogens with one attached hydrogen (secondary N) is 1. The van der Waals surface area contributed by atoms with Gasteiger partial charge in [-0.05, 0) is 59.7 Å². The topological polar surface area (TPSA) is 83.9 Å². The lowest BCUT2D eigenvalue weighted by Crippen LogP contribution is -2.14. The number of aromatic amines is 1. The van der Waals surface area contributed by atoms with Crippen molar-refractivity contribution in [2.24, 2.45) is 5.16 Å². The maximum absolute atomic E-state index is 10.9. The molecular weight excluding hydrogens is 416 g/mol. The van der Waals surface area contributed by atoms with Gasteiger partial charge in [-0.25, -0.2) is 4.79 Å². The van der Waals surface area contributed by atoms with E-state index in [0.29, 0.717) is 18.8 Å². The first-order chi connectivity index (χ1) is 16.2. The third kappa shape index (κ3) is 6.13. The van der Waals surface area contributed by atoms with E-state index in [4.69, 9.17) is 14.7 Å². The lowest BCUT2D eigenvalue weighted by atomic mass is 9.82. The highest BCUT2D eigenvalue weighted by Gasteiger charge is 2.21. The quantitative estimate of drug-likeness (QED) is 0.197. The van der Waals surface area contributed by atoms with Crippen molar-refractivity contribution in [3.63, 3.8) is 0 Å². The lowest BCUT2D eigenvalue weighted by Gasteiger charge is -2.25. The fourth-order valence-electron chi connectivity index (χ4n) is 4.18. The second-order valence-electron chi connectivity index (χ2n) is 8.03. The monoisotopic (exact) mass is 444 g/mol. The van der Waals surface area contributed by atoms with E-state index in [-0.39, 0.29) is 12.5 Å². The van der Waals surface area contributed by atoms with E-state index < -0.39 is 5.97 Å². The molecule has 0 spiro atoms. The number of carboxylic acids is 1. The molecule has 1 aliphatic carbocycles. The number of nitrogens with zero attached hydrogens (tertiary/aromatic N) is 1. The van der Waals surface area contributed by atoms with Crippen molar-refractivity contribution in [3.8, 4) is 5.75 Å². The Kier molecular flexibility index (Phi) is 7.59. The Balaban J connectivity index is 1.40. The summed E-state index contributed by atoms with van der Waals surface area (Å²) < 4.78 is 5.50. The van der Waals surface area contributed by atoms with Crippen molar-refractivity contribution in [1.82, 2.24) is 4.98 Å². The van der Waals surface area contributed by atoms with E-state index in [1.165, 1.54) is 5.56 Å². The first-order valence-electron chi connectivity index (χ1n) is 11.2. The Morgan fingerprint density at radius 1 is 1.15 bits per heavy atom. The predicted molar refractivity (Wildman–Crippen MR) is 128 cm³/mol. The zero-order chi connectivity index (χ0) is 22.9. The molecule has 1 aromatic heterocycles. The smallest absolute Gasteiger partial charge is 0.341 e. The van der Waals surface area contributed by atoms with Crippen molar-refractivity contribution in [2.45, 2.75) is 31.6 Å². The molecule has 33 heavy (non-hydrogen) atoms. The highest BCUT2D eigenvalue weighted by molar-refractivity contribution is 6.01. The number of aliphatic carboxylic acids is 1. The maximum Gasteiger partial charge on any atom is 0.341 e. The van der Waals surface area contributed by atoms with Gasteiger partial charge in [-0.3, -0.25) is 0 Å². The molecule has 0 saturated carbocycles. The van der Waals surface area contributed by atoms with E-state index >= 15 is 0 Å². The van der Waals surface area contributed by atoms with Gasteiger partial charge >= 0.3 is 5.97 Å². The minimum absolute atomic E-state index is 0.253. The molecular formula is C27H28N2O4. The molecule has 2 N–H and O–H groups in total. The minimum Gasteiger partial charge on any atom is -0.482 e. The molecule has 170 valence electrons. The summed E-state index contributed by atoms with van der Waals surface area (Å²) in [6.07, 6.45) is 11.7. The highest BCUT2D eigenvalue weighted by Crippen LogP contribution is 2.37. The van der Waals surface area contributed by atoms with Crippen LogP contribution >= 0.6 is 0 Å². The number of carboxylic acid groups (broad SMARTS) is 1. The van der Waals surface area contributed by atoms with Crippen molar-refractivity contribution in [3.05, 3.63) is 101 Å². The highest BCUT2D eigenvalue weighted by atomic mass is 16.6. The zero-order valence-electron chi connectivity index (χ0n) is 18.4. The van der Waals surface area contributed by atoms with Gasteiger partial charge in [0.1, 0.15) is 12.4 Å². The fourth-order valence-corrected chi connectivity index (χ4v) is 4.18. The van der Waals surface area contributed by atoms with Crippen LogP contribution in [0, 0.1) is 0 Å². The molecule has 3 aromatic rings. The van der Waals surface area contributed by atoms with Gasteiger partial charge in [-0.15, -0.1) is 0 Å². The molecule has 6 nitrogen and oxygen atoms in total. The summed E-state index contributed by atoms with van der Waals surface area (Å²) in [4.78, 5) is 19.6. The van der Waals surface area contributed by atoms with Crippen LogP contribution in [-0.4, -0.2) is 35.0 Å². The van der Waals surface area contributed by atoms with Gasteiger partial charge in [0.2, 0.25) is 0 Å². The van der Waals surface area contributed by atoms with Crippen LogP contribution in [0.25, 0.3) is 0 Å². The van der Waals surface area contributed by atoms with Gasteiger partial charge in [0.05, 0.1) is 5.71 Å². The van der Waals surface area contributed by atoms with Gasteiger partial charge < -0.3 is 19.7 Å². The summed E-state index contributed by atoms with van der Waals surface area (Å²) in [7, 11) is 0. The van der Waals surface area contributed by atoms with Crippen LogP contribution in [0.3, 0.4) is 0 Å². The largest absolute Gasteiger partial charge is 0.482 e. The summed E-state index contributed by atoms with van der Waals surface area (Å²) in [6.45, 7) is 0.0554. The molecule has 0 fully saturated rings. The van der Waals surface area contributed by atoms with Crippen molar-refractivity contribution in [1.29, 1.82) is 0 Å². The third-order valence-corrected chi connectivity index (χ3v) is 5.72. The number of hydrogen-bond acceptors (Lipinski definition) is 4. The number of fused-ring (bicyclic) bond motifs is 1. The summed E-state index contributed by atoms with van der Waals surface area (Å²) in [5.41, 5.74) is 5.37. The Hall–Kier alpha value is -3.80. The number of rotatable bonds is 10. The summed E-state index contributed by atoms with van der Waals surface area (Å²) in [5.74, 6) is -0.0433. The van der Waals surface area contributed by atoms with Gasteiger partial charge in [-0.1, -0.05) is 53.7 Å². The number of allylic oxidation sites excluding steroid dienone is 1. The second kappa shape index (κ2) is 11.2. The van der Waals surface area contributed by atoms with Crippen molar-refractivity contribution >= 4 is 11.7 Å². The van der Waals surface area contributed by atoms with Crippen LogP contribution in [0.2, 0.25) is 0 Å². The van der Waals surface area contributed by atoms with Crippen LogP contribution in [0.5, 0.6) is 5.75 Å². The number of benzene rings is 2. The Bertz CT molecular complexity index is 1100. The summed E-state index contributed by atoms with van der Waals surface area (Å²) in [6, 6.07) is 18.0. The van der Waals surface area contributed by atoms with E-state index in [0.717, 1.165) is 41.7 Å². The van der Waals surface area contributed by atoms with Crippen LogP contribution < -0.4 is 4.74 Å². The predicted octanol–water partition coefficient (Wildman–Crippen LogP) is 5.12.